The van der Waals surface area contributed by atoms with Crippen LogP contribution in [0.15, 0.2) is 36.5 Å². The Morgan fingerprint density at radius 1 is 1.19 bits per heavy atom. The second kappa shape index (κ2) is 9.25. The van der Waals surface area contributed by atoms with E-state index in [9.17, 15) is 22.8 Å². The van der Waals surface area contributed by atoms with Crippen LogP contribution >= 0.6 is 0 Å². The number of nitrogens with two attached hydrogens (primary N) is 1. The van der Waals surface area contributed by atoms with Gasteiger partial charge in [0.2, 0.25) is 5.88 Å². The van der Waals surface area contributed by atoms with Crippen molar-refractivity contribution in [3.05, 3.63) is 58.8 Å². The Balaban J connectivity index is 1.77. The molecule has 0 bridgehead atoms. The molecule has 2 amide bonds. The van der Waals surface area contributed by atoms with Gasteiger partial charge in [0.25, 0.3) is 11.8 Å². The molecule has 0 radical (unpaired) electrons. The topological polar surface area (TPSA) is 121 Å². The number of halogens is 3. The lowest BCUT2D eigenvalue weighted by Gasteiger charge is -2.33. The number of benzene rings is 1. The second-order valence-corrected chi connectivity index (χ2v) is 7.32. The van der Waals surface area contributed by atoms with Gasteiger partial charge in [0.1, 0.15) is 0 Å². The molecule has 11 heteroatoms. The summed E-state index contributed by atoms with van der Waals surface area (Å²) in [4.78, 5) is 30.2. The van der Waals surface area contributed by atoms with Crippen LogP contribution in [0.4, 0.5) is 13.2 Å². The molecule has 0 aliphatic carbocycles. The summed E-state index contributed by atoms with van der Waals surface area (Å²) in [6.07, 6.45) is -2.52. The zero-order valence-corrected chi connectivity index (χ0v) is 17.2. The van der Waals surface area contributed by atoms with E-state index < -0.39 is 29.5 Å². The minimum atomic E-state index is -4.66. The molecule has 0 atom stereocenters. The number of hydrogen-bond acceptors (Lipinski definition) is 5. The summed E-state index contributed by atoms with van der Waals surface area (Å²) in [5.41, 5.74) is 4.41. The molecule has 0 spiro atoms. The normalized spacial score (nSPS) is 14.7. The van der Waals surface area contributed by atoms with Crippen LogP contribution in [0.25, 0.3) is 0 Å². The van der Waals surface area contributed by atoms with E-state index in [4.69, 9.17) is 15.9 Å². The van der Waals surface area contributed by atoms with Gasteiger partial charge in [-0.05, 0) is 42.5 Å². The molecule has 170 valence electrons. The van der Waals surface area contributed by atoms with E-state index in [0.29, 0.717) is 24.3 Å². The van der Waals surface area contributed by atoms with E-state index in [1.54, 1.807) is 11.0 Å². The first kappa shape index (κ1) is 23.0. The number of likely N-dealkylation sites (tertiary alicyclic amines) is 1. The van der Waals surface area contributed by atoms with Crippen molar-refractivity contribution in [3.8, 4) is 5.88 Å². The summed E-state index contributed by atoms with van der Waals surface area (Å²) < 4.78 is 46.2. The van der Waals surface area contributed by atoms with Crippen LogP contribution in [-0.2, 0) is 6.18 Å². The van der Waals surface area contributed by atoms with Crippen LogP contribution in [0.2, 0.25) is 0 Å². The highest BCUT2D eigenvalue weighted by Gasteiger charge is 2.37. The first-order valence-electron chi connectivity index (χ1n) is 9.76. The quantitative estimate of drug-likeness (QED) is 0.490. The molecule has 0 unspecified atom stereocenters. The number of aromatic nitrogens is 1. The Morgan fingerprint density at radius 2 is 1.88 bits per heavy atom. The number of nitrogens with one attached hydrogen (secondary N) is 2. The Labute approximate surface area is 182 Å². The molecular weight excluding hydrogens is 427 g/mol. The highest BCUT2D eigenvalue weighted by Crippen LogP contribution is 2.39. The summed E-state index contributed by atoms with van der Waals surface area (Å²) in [5, 5.41) is 9.05. The molecule has 8 nitrogen and oxygen atoms in total. The largest absolute Gasteiger partial charge is 0.481 e. The van der Waals surface area contributed by atoms with Gasteiger partial charge in [-0.15, -0.1) is 0 Å². The second-order valence-electron chi connectivity index (χ2n) is 7.32. The molecule has 1 aromatic carbocycles. The third kappa shape index (κ3) is 5.16. The fraction of sp³-hybridized carbons (Fsp3) is 0.333. The fourth-order valence-electron chi connectivity index (χ4n) is 3.72. The van der Waals surface area contributed by atoms with E-state index in [0.717, 1.165) is 6.07 Å². The summed E-state index contributed by atoms with van der Waals surface area (Å²) >= 11 is 0. The lowest BCUT2D eigenvalue weighted by molar-refractivity contribution is -0.138. The Hall–Kier alpha value is -3.63. The average molecular weight is 449 g/mol. The van der Waals surface area contributed by atoms with Gasteiger partial charge in [-0.3, -0.25) is 20.3 Å². The monoisotopic (exact) mass is 449 g/mol. The number of nitrogens with zero attached hydrogens (tertiary/aromatic N) is 2. The Kier molecular flexibility index (Phi) is 6.66. The molecule has 1 aromatic heterocycles. The van der Waals surface area contributed by atoms with Crippen LogP contribution in [0, 0.1) is 5.41 Å². The minimum Gasteiger partial charge on any atom is -0.481 e. The number of carbonyl (C=O) groups is 2. The van der Waals surface area contributed by atoms with Gasteiger partial charge in [-0.2, -0.15) is 13.2 Å². The van der Waals surface area contributed by atoms with Gasteiger partial charge < -0.3 is 15.4 Å². The number of methoxy groups -OCH3 is 1. The van der Waals surface area contributed by atoms with Gasteiger partial charge in [-0.1, -0.05) is 6.07 Å². The minimum absolute atomic E-state index is 0.0783. The van der Waals surface area contributed by atoms with Gasteiger partial charge in [0.05, 0.1) is 12.7 Å². The van der Waals surface area contributed by atoms with Crippen molar-refractivity contribution in [1.82, 2.24) is 15.2 Å². The summed E-state index contributed by atoms with van der Waals surface area (Å²) in [6.45, 7) is 0.579. The molecule has 32 heavy (non-hydrogen) atoms. The zero-order valence-electron chi connectivity index (χ0n) is 17.2. The van der Waals surface area contributed by atoms with Crippen LogP contribution in [-0.4, -0.2) is 47.9 Å². The molecule has 2 aromatic rings. The van der Waals surface area contributed by atoms with Gasteiger partial charge in [0, 0.05) is 36.5 Å². The number of pyridine rings is 1. The number of alkyl halides is 3. The predicted molar refractivity (Wildman–Crippen MR) is 109 cm³/mol. The lowest BCUT2D eigenvalue weighted by atomic mass is 9.85. The number of carbonyl (C=O) groups excluding carboxylic acids is 2. The first-order chi connectivity index (χ1) is 15.1. The predicted octanol–water partition coefficient (Wildman–Crippen LogP) is 2.75. The summed E-state index contributed by atoms with van der Waals surface area (Å²) in [6, 6.07) is 6.41. The molecule has 4 N–H and O–H groups in total. The zero-order chi connectivity index (χ0) is 23.5. The highest BCUT2D eigenvalue weighted by molar-refractivity contribution is 6.04. The van der Waals surface area contributed by atoms with Crippen LogP contribution in [0.5, 0.6) is 5.88 Å². The van der Waals surface area contributed by atoms with E-state index in [1.165, 1.54) is 31.5 Å². The van der Waals surface area contributed by atoms with Crippen molar-refractivity contribution in [2.75, 3.05) is 20.2 Å². The highest BCUT2D eigenvalue weighted by atomic mass is 19.4. The summed E-state index contributed by atoms with van der Waals surface area (Å²) in [7, 11) is 1.44. The molecule has 1 saturated heterocycles. The number of rotatable bonds is 4. The number of guanidine groups is 1. The number of ether oxygens (including phenoxy) is 1. The fourth-order valence-corrected chi connectivity index (χ4v) is 3.72. The van der Waals surface area contributed by atoms with Gasteiger partial charge in [0.15, 0.2) is 5.96 Å². The standard InChI is InChI=1S/C21H22F3N5O3/c1-32-17-11-14(4-7-27-17)19(31)29-8-5-12(6-9-29)15-3-2-13(18(30)28-20(25)26)10-16(15)21(22,23)24/h2-4,7,10-12H,5-6,8-9H2,1H3,(H4,25,26,28,30). The number of piperidine rings is 1. The maximum absolute atomic E-state index is 13.7. The van der Waals surface area contributed by atoms with Crippen LogP contribution in [0.1, 0.15) is 50.6 Å². The molecule has 1 fully saturated rings. The van der Waals surface area contributed by atoms with Crippen LogP contribution < -0.4 is 15.8 Å². The van der Waals surface area contributed by atoms with Gasteiger partial charge >= 0.3 is 6.18 Å². The molecule has 1 aliphatic rings. The van der Waals surface area contributed by atoms with Crippen molar-refractivity contribution in [1.29, 1.82) is 5.41 Å². The van der Waals surface area contributed by atoms with Crippen molar-refractivity contribution in [3.63, 3.8) is 0 Å². The molecular formula is C21H22F3N5O3. The smallest absolute Gasteiger partial charge is 0.416 e. The van der Waals surface area contributed by atoms with Crippen LogP contribution in [0.3, 0.4) is 0 Å². The number of amides is 2. The van der Waals surface area contributed by atoms with E-state index in [1.807, 2.05) is 5.32 Å². The maximum atomic E-state index is 13.7. The number of hydrogen-bond donors (Lipinski definition) is 3. The molecule has 0 saturated carbocycles. The summed E-state index contributed by atoms with van der Waals surface area (Å²) in [5.74, 6) is -1.90. The maximum Gasteiger partial charge on any atom is 0.416 e. The third-order valence-electron chi connectivity index (χ3n) is 5.28. The van der Waals surface area contributed by atoms with Crippen molar-refractivity contribution < 1.29 is 27.5 Å². The van der Waals surface area contributed by atoms with Gasteiger partial charge in [-0.25, -0.2) is 4.98 Å². The molecule has 1 aliphatic heterocycles. The van der Waals surface area contributed by atoms with E-state index in [2.05, 4.69) is 4.98 Å². The third-order valence-corrected chi connectivity index (χ3v) is 5.28. The van der Waals surface area contributed by atoms with Crippen molar-refractivity contribution in [2.24, 2.45) is 5.73 Å². The Morgan fingerprint density at radius 3 is 2.47 bits per heavy atom. The van der Waals surface area contributed by atoms with Crippen molar-refractivity contribution in [2.45, 2.75) is 24.9 Å². The van der Waals surface area contributed by atoms with E-state index >= 15 is 0 Å². The molecule has 2 heterocycles. The first-order valence-corrected chi connectivity index (χ1v) is 9.76. The average Bonchev–Trinajstić information content (AvgIpc) is 2.77. The van der Waals surface area contributed by atoms with Crippen molar-refractivity contribution >= 4 is 17.8 Å². The lowest BCUT2D eigenvalue weighted by Crippen LogP contribution is -2.38. The Bertz CT molecular complexity index is 1030. The molecule has 3 rings (SSSR count). The van der Waals surface area contributed by atoms with E-state index in [-0.39, 0.29) is 30.1 Å². The SMILES string of the molecule is COc1cc(C(=O)N2CCC(c3ccc(C(=O)NC(=N)N)cc3C(F)(F)F)CC2)ccn1.